The van der Waals surface area contributed by atoms with Gasteiger partial charge in [-0.3, -0.25) is 4.79 Å². The normalized spacial score (nSPS) is 19.5. The van der Waals surface area contributed by atoms with Gasteiger partial charge in [0.05, 0.1) is 12.2 Å². The number of alkyl halides is 2. The Kier molecular flexibility index (Phi) is 6.62. The molecule has 4 aromatic rings. The van der Waals surface area contributed by atoms with E-state index in [-0.39, 0.29) is 53.4 Å². The topological polar surface area (TPSA) is 104 Å². The summed E-state index contributed by atoms with van der Waals surface area (Å²) in [6, 6.07) is 11.3. The zero-order chi connectivity index (χ0) is 28.9. The average Bonchev–Trinajstić information content (AvgIpc) is 3.44. The van der Waals surface area contributed by atoms with Crippen molar-refractivity contribution in [2.45, 2.75) is 37.8 Å². The third-order valence-corrected chi connectivity index (χ3v) is 8.02. The summed E-state index contributed by atoms with van der Waals surface area (Å²) in [5, 5.41) is 14.3. The molecule has 4 heterocycles. The van der Waals surface area contributed by atoms with Crippen molar-refractivity contribution in [3.63, 3.8) is 0 Å². The van der Waals surface area contributed by atoms with Gasteiger partial charge >= 0.3 is 0 Å². The maximum absolute atomic E-state index is 14.5. The lowest BCUT2D eigenvalue weighted by Crippen LogP contribution is -2.44. The van der Waals surface area contributed by atoms with Crippen LogP contribution in [0.15, 0.2) is 60.0 Å². The van der Waals surface area contributed by atoms with E-state index >= 15 is 0 Å². The first-order chi connectivity index (χ1) is 19.6. The molecule has 0 spiro atoms. The molecule has 3 aromatic heterocycles. The fourth-order valence-corrected chi connectivity index (χ4v) is 5.57. The largest absolute Gasteiger partial charge is 0.377 e. The summed E-state index contributed by atoms with van der Waals surface area (Å²) in [6.45, 7) is 8.52. The van der Waals surface area contributed by atoms with Crippen molar-refractivity contribution in [1.29, 1.82) is 0 Å². The smallest absolute Gasteiger partial charge is 0.279 e. The van der Waals surface area contributed by atoms with Crippen LogP contribution in [0.3, 0.4) is 0 Å². The number of pyridine rings is 1. The van der Waals surface area contributed by atoms with E-state index in [1.807, 2.05) is 24.3 Å². The third kappa shape index (κ3) is 4.66. The van der Waals surface area contributed by atoms with Gasteiger partial charge in [0.1, 0.15) is 5.39 Å². The maximum Gasteiger partial charge on any atom is 0.279 e. The van der Waals surface area contributed by atoms with Gasteiger partial charge in [-0.2, -0.15) is 4.98 Å². The van der Waals surface area contributed by atoms with Gasteiger partial charge in [-0.25, -0.2) is 28.1 Å². The Labute approximate surface area is 235 Å². The molecule has 0 saturated carbocycles. The van der Waals surface area contributed by atoms with Crippen LogP contribution in [0.4, 0.5) is 26.1 Å². The molecule has 41 heavy (non-hydrogen) atoms. The lowest BCUT2D eigenvalue weighted by Gasteiger charge is -2.34. The SMILES string of the molecule is C=CCn1c(=O)c2cnc(Nc3ccc(N4CCN(C)CC4)cc3)nc2n1-c1ccc2c(n1)C(O)(C(C)(F)F)CC2. The van der Waals surface area contributed by atoms with Crippen LogP contribution >= 0.6 is 0 Å². The monoisotopic (exact) mass is 562 g/mol. The van der Waals surface area contributed by atoms with E-state index in [1.165, 1.54) is 15.6 Å². The number of halogens is 2. The van der Waals surface area contributed by atoms with Crippen molar-refractivity contribution in [3.8, 4) is 5.82 Å². The standard InChI is InChI=1S/C29H32F2N8O2/c1-4-13-38-26(40)22-18-32-27(33-20-6-8-21(9-7-20)37-16-14-36(3)15-17-37)35-25(22)39(38)23-10-5-19-11-12-29(41,24(19)34-23)28(2,30)31/h4-10,18,41H,1,11-17H2,2-3H3,(H,32,33,35). The first-order valence-corrected chi connectivity index (χ1v) is 13.6. The summed E-state index contributed by atoms with van der Waals surface area (Å²) in [6.07, 6.45) is 3.12. The highest BCUT2D eigenvalue weighted by atomic mass is 19.3. The summed E-state index contributed by atoms with van der Waals surface area (Å²) >= 11 is 0. The Morgan fingerprint density at radius 2 is 1.85 bits per heavy atom. The number of nitrogens with zero attached hydrogens (tertiary/aromatic N) is 7. The van der Waals surface area contributed by atoms with Crippen LogP contribution in [-0.4, -0.2) is 73.5 Å². The van der Waals surface area contributed by atoms with Gasteiger partial charge < -0.3 is 20.2 Å². The van der Waals surface area contributed by atoms with Crippen LogP contribution in [0.5, 0.6) is 0 Å². The van der Waals surface area contributed by atoms with E-state index < -0.39 is 11.5 Å². The fourth-order valence-electron chi connectivity index (χ4n) is 5.57. The van der Waals surface area contributed by atoms with Gasteiger partial charge in [-0.05, 0) is 55.8 Å². The molecule has 1 saturated heterocycles. The van der Waals surface area contributed by atoms with E-state index in [0.717, 1.165) is 37.6 Å². The number of fused-ring (bicyclic) bond motifs is 2. The summed E-state index contributed by atoms with van der Waals surface area (Å²) in [7, 11) is 2.12. The molecule has 6 rings (SSSR count). The van der Waals surface area contributed by atoms with Gasteiger partial charge in [-0.15, -0.1) is 6.58 Å². The second-order valence-corrected chi connectivity index (χ2v) is 10.8. The molecule has 1 unspecified atom stereocenters. The van der Waals surface area contributed by atoms with E-state index in [0.29, 0.717) is 12.5 Å². The highest BCUT2D eigenvalue weighted by molar-refractivity contribution is 5.77. The van der Waals surface area contributed by atoms with E-state index in [1.54, 1.807) is 18.2 Å². The number of nitrogens with one attached hydrogen (secondary N) is 1. The Morgan fingerprint density at radius 3 is 2.54 bits per heavy atom. The highest BCUT2D eigenvalue weighted by Crippen LogP contribution is 2.46. The number of hydrogen-bond acceptors (Lipinski definition) is 8. The first kappa shape index (κ1) is 27.0. The van der Waals surface area contributed by atoms with Crippen LogP contribution in [-0.2, 0) is 18.6 Å². The van der Waals surface area contributed by atoms with Crippen molar-refractivity contribution in [2.24, 2.45) is 0 Å². The second-order valence-electron chi connectivity index (χ2n) is 10.8. The van der Waals surface area contributed by atoms with E-state index in [9.17, 15) is 18.7 Å². The van der Waals surface area contributed by atoms with Crippen molar-refractivity contribution in [3.05, 3.63) is 76.9 Å². The summed E-state index contributed by atoms with van der Waals surface area (Å²) in [5.41, 5.74) is -0.160. The van der Waals surface area contributed by atoms with Crippen LogP contribution < -0.4 is 15.8 Å². The molecule has 1 atom stereocenters. The predicted molar refractivity (Wildman–Crippen MR) is 153 cm³/mol. The number of aliphatic hydroxyl groups is 1. The van der Waals surface area contributed by atoms with Crippen molar-refractivity contribution < 1.29 is 13.9 Å². The van der Waals surface area contributed by atoms with Crippen molar-refractivity contribution in [1.82, 2.24) is 29.2 Å². The van der Waals surface area contributed by atoms with E-state index in [2.05, 4.69) is 43.7 Å². The number of hydrogen-bond donors (Lipinski definition) is 2. The number of likely N-dealkylation sites (N-methyl/N-ethyl adjacent to an activating group) is 1. The van der Waals surface area contributed by atoms with Crippen LogP contribution in [0.2, 0.25) is 0 Å². The molecule has 1 aromatic carbocycles. The molecule has 1 aliphatic heterocycles. The minimum atomic E-state index is -3.40. The summed E-state index contributed by atoms with van der Waals surface area (Å²) in [4.78, 5) is 31.4. The quantitative estimate of drug-likeness (QED) is 0.330. The molecule has 2 N–H and O–H groups in total. The Balaban J connectivity index is 1.37. The van der Waals surface area contributed by atoms with Gasteiger partial charge in [0, 0.05) is 50.7 Å². The molecular formula is C29H32F2N8O2. The van der Waals surface area contributed by atoms with Crippen molar-refractivity contribution >= 4 is 28.4 Å². The highest BCUT2D eigenvalue weighted by Gasteiger charge is 2.54. The van der Waals surface area contributed by atoms with Crippen LogP contribution in [0.25, 0.3) is 16.9 Å². The van der Waals surface area contributed by atoms with Crippen LogP contribution in [0, 0.1) is 0 Å². The molecule has 0 bridgehead atoms. The minimum absolute atomic E-state index is 0.0882. The zero-order valence-electron chi connectivity index (χ0n) is 23.0. The van der Waals surface area contributed by atoms with E-state index in [4.69, 9.17) is 0 Å². The summed E-state index contributed by atoms with van der Waals surface area (Å²) < 4.78 is 31.8. The number of aromatic nitrogens is 5. The fraction of sp³-hybridized carbons (Fsp3) is 0.379. The van der Waals surface area contributed by atoms with Crippen molar-refractivity contribution in [2.75, 3.05) is 43.4 Å². The number of aryl methyl sites for hydroxylation is 1. The number of rotatable bonds is 7. The second kappa shape index (κ2) is 10.0. The number of anilines is 3. The molecule has 12 heteroatoms. The molecule has 214 valence electrons. The van der Waals surface area contributed by atoms with Gasteiger partial charge in [0.25, 0.3) is 11.5 Å². The lowest BCUT2D eigenvalue weighted by atomic mass is 9.94. The van der Waals surface area contributed by atoms with Crippen LogP contribution in [0.1, 0.15) is 24.6 Å². The lowest BCUT2D eigenvalue weighted by molar-refractivity contribution is -0.176. The third-order valence-electron chi connectivity index (χ3n) is 8.02. The molecular weight excluding hydrogens is 530 g/mol. The average molecular weight is 563 g/mol. The molecule has 1 fully saturated rings. The molecule has 0 amide bonds. The predicted octanol–water partition coefficient (Wildman–Crippen LogP) is 3.45. The zero-order valence-corrected chi connectivity index (χ0v) is 23.0. The Bertz CT molecular complexity index is 1670. The Morgan fingerprint density at radius 1 is 1.12 bits per heavy atom. The molecule has 2 aliphatic rings. The first-order valence-electron chi connectivity index (χ1n) is 13.6. The molecule has 0 radical (unpaired) electrons. The number of benzene rings is 1. The number of piperazine rings is 1. The summed E-state index contributed by atoms with van der Waals surface area (Å²) in [5.74, 6) is -2.96. The van der Waals surface area contributed by atoms with Gasteiger partial charge in [0.15, 0.2) is 17.1 Å². The number of allylic oxidation sites excluding steroid dienone is 1. The molecule has 1 aliphatic carbocycles. The molecule has 10 nitrogen and oxygen atoms in total. The Hall–Kier alpha value is -4.16. The minimum Gasteiger partial charge on any atom is -0.377 e. The van der Waals surface area contributed by atoms with Gasteiger partial charge in [-0.1, -0.05) is 12.1 Å². The maximum atomic E-state index is 14.5. The van der Waals surface area contributed by atoms with Gasteiger partial charge in [0.2, 0.25) is 5.95 Å².